The standard InChI is InChI=1S/C16H25N/c1-2-4-6-8-15(9-7-5-3-1)14-16-10-12-17-13-11-16/h10-13,15H,1-9,14H2. The van der Waals surface area contributed by atoms with E-state index in [-0.39, 0.29) is 0 Å². The predicted molar refractivity (Wildman–Crippen MR) is 73.0 cm³/mol. The molecule has 0 bridgehead atoms. The van der Waals surface area contributed by atoms with Gasteiger partial charge >= 0.3 is 0 Å². The third-order valence-electron chi connectivity index (χ3n) is 4.00. The molecule has 1 fully saturated rings. The minimum absolute atomic E-state index is 0.912. The number of pyridine rings is 1. The maximum atomic E-state index is 4.10. The summed E-state index contributed by atoms with van der Waals surface area (Å²) in [5, 5.41) is 0. The number of rotatable bonds is 2. The van der Waals surface area contributed by atoms with Crippen LogP contribution in [0.4, 0.5) is 0 Å². The maximum Gasteiger partial charge on any atom is 0.0270 e. The topological polar surface area (TPSA) is 12.9 Å². The van der Waals surface area contributed by atoms with Crippen molar-refractivity contribution < 1.29 is 0 Å². The van der Waals surface area contributed by atoms with Crippen LogP contribution in [-0.4, -0.2) is 4.98 Å². The van der Waals surface area contributed by atoms with Crippen molar-refractivity contribution in [2.24, 2.45) is 5.92 Å². The Labute approximate surface area is 106 Å². The average molecular weight is 231 g/mol. The summed E-state index contributed by atoms with van der Waals surface area (Å²) in [5.74, 6) is 0.912. The first kappa shape index (κ1) is 12.6. The first-order chi connectivity index (χ1) is 8.45. The summed E-state index contributed by atoms with van der Waals surface area (Å²) in [6, 6.07) is 4.36. The molecule has 2 rings (SSSR count). The van der Waals surface area contributed by atoms with Crippen LogP contribution in [0, 0.1) is 5.92 Å². The monoisotopic (exact) mass is 231 g/mol. The van der Waals surface area contributed by atoms with E-state index in [0.717, 1.165) is 5.92 Å². The Morgan fingerprint density at radius 3 is 1.94 bits per heavy atom. The highest BCUT2D eigenvalue weighted by Gasteiger charge is 2.10. The highest BCUT2D eigenvalue weighted by Crippen LogP contribution is 2.24. The first-order valence-corrected chi connectivity index (χ1v) is 7.34. The van der Waals surface area contributed by atoms with Crippen molar-refractivity contribution in [3.05, 3.63) is 30.1 Å². The third-order valence-corrected chi connectivity index (χ3v) is 4.00. The molecule has 1 aliphatic carbocycles. The van der Waals surface area contributed by atoms with Gasteiger partial charge in [-0.3, -0.25) is 4.98 Å². The lowest BCUT2D eigenvalue weighted by atomic mass is 9.88. The summed E-state index contributed by atoms with van der Waals surface area (Å²) >= 11 is 0. The lowest BCUT2D eigenvalue weighted by molar-refractivity contribution is 0.387. The summed E-state index contributed by atoms with van der Waals surface area (Å²) in [6.07, 6.45) is 18.2. The van der Waals surface area contributed by atoms with Gasteiger partial charge in [0.15, 0.2) is 0 Å². The van der Waals surface area contributed by atoms with Crippen molar-refractivity contribution in [3.8, 4) is 0 Å². The normalized spacial score (nSPS) is 20.0. The Balaban J connectivity index is 1.83. The van der Waals surface area contributed by atoms with E-state index >= 15 is 0 Å². The van der Waals surface area contributed by atoms with Crippen LogP contribution in [0.3, 0.4) is 0 Å². The molecule has 0 saturated heterocycles. The van der Waals surface area contributed by atoms with Gasteiger partial charge in [-0.25, -0.2) is 0 Å². The summed E-state index contributed by atoms with van der Waals surface area (Å²) < 4.78 is 0. The highest BCUT2D eigenvalue weighted by atomic mass is 14.6. The van der Waals surface area contributed by atoms with E-state index in [4.69, 9.17) is 0 Å². The van der Waals surface area contributed by atoms with Crippen molar-refractivity contribution in [3.63, 3.8) is 0 Å². The molecule has 17 heavy (non-hydrogen) atoms. The van der Waals surface area contributed by atoms with E-state index in [1.54, 1.807) is 0 Å². The van der Waals surface area contributed by atoms with Gasteiger partial charge in [0, 0.05) is 12.4 Å². The Kier molecular flexibility index (Phi) is 5.54. The van der Waals surface area contributed by atoms with Gasteiger partial charge in [-0.15, -0.1) is 0 Å². The average Bonchev–Trinajstić information content (AvgIpc) is 2.38. The van der Waals surface area contributed by atoms with Gasteiger partial charge in [0.2, 0.25) is 0 Å². The molecule has 0 unspecified atom stereocenters. The second-order valence-electron chi connectivity index (χ2n) is 5.48. The van der Waals surface area contributed by atoms with Crippen molar-refractivity contribution >= 4 is 0 Å². The maximum absolute atomic E-state index is 4.10. The van der Waals surface area contributed by atoms with Crippen LogP contribution < -0.4 is 0 Å². The van der Waals surface area contributed by atoms with Crippen LogP contribution in [0.25, 0.3) is 0 Å². The van der Waals surface area contributed by atoms with Gasteiger partial charge in [-0.1, -0.05) is 57.8 Å². The Hall–Kier alpha value is -0.850. The zero-order valence-corrected chi connectivity index (χ0v) is 10.9. The van der Waals surface area contributed by atoms with Crippen LogP contribution in [0.2, 0.25) is 0 Å². The highest BCUT2D eigenvalue weighted by molar-refractivity contribution is 5.10. The van der Waals surface area contributed by atoms with E-state index in [2.05, 4.69) is 17.1 Å². The van der Waals surface area contributed by atoms with Gasteiger partial charge in [-0.05, 0) is 30.0 Å². The van der Waals surface area contributed by atoms with E-state index < -0.39 is 0 Å². The van der Waals surface area contributed by atoms with Crippen molar-refractivity contribution in [1.82, 2.24) is 4.98 Å². The van der Waals surface area contributed by atoms with Crippen LogP contribution in [0.15, 0.2) is 24.5 Å². The molecule has 1 heterocycles. The van der Waals surface area contributed by atoms with Gasteiger partial charge < -0.3 is 0 Å². The Morgan fingerprint density at radius 1 is 0.824 bits per heavy atom. The van der Waals surface area contributed by atoms with Gasteiger partial charge in [0.25, 0.3) is 0 Å². The summed E-state index contributed by atoms with van der Waals surface area (Å²) in [6.45, 7) is 0. The molecule has 0 atom stereocenters. The van der Waals surface area contributed by atoms with Crippen molar-refractivity contribution in [2.45, 2.75) is 64.2 Å². The predicted octanol–water partition coefficient (Wildman–Crippen LogP) is 4.76. The molecule has 0 aromatic carbocycles. The van der Waals surface area contributed by atoms with Gasteiger partial charge in [-0.2, -0.15) is 0 Å². The minimum atomic E-state index is 0.912. The summed E-state index contributed by atoms with van der Waals surface area (Å²) in [5.41, 5.74) is 1.47. The molecule has 0 N–H and O–H groups in total. The number of hydrogen-bond acceptors (Lipinski definition) is 1. The molecular formula is C16H25N. The van der Waals surface area contributed by atoms with Crippen molar-refractivity contribution in [1.29, 1.82) is 0 Å². The summed E-state index contributed by atoms with van der Waals surface area (Å²) in [4.78, 5) is 4.10. The van der Waals surface area contributed by atoms with Gasteiger partial charge in [0.1, 0.15) is 0 Å². The zero-order chi connectivity index (χ0) is 11.8. The molecule has 1 aliphatic rings. The number of hydrogen-bond donors (Lipinski definition) is 0. The van der Waals surface area contributed by atoms with E-state index in [1.807, 2.05) is 12.4 Å². The molecule has 1 saturated carbocycles. The van der Waals surface area contributed by atoms with E-state index in [9.17, 15) is 0 Å². The van der Waals surface area contributed by atoms with Crippen molar-refractivity contribution in [2.75, 3.05) is 0 Å². The molecular weight excluding hydrogens is 206 g/mol. The summed E-state index contributed by atoms with van der Waals surface area (Å²) in [7, 11) is 0. The molecule has 0 spiro atoms. The Bertz CT molecular complexity index is 284. The zero-order valence-electron chi connectivity index (χ0n) is 10.9. The van der Waals surface area contributed by atoms with Crippen LogP contribution in [0.5, 0.6) is 0 Å². The second-order valence-corrected chi connectivity index (χ2v) is 5.48. The van der Waals surface area contributed by atoms with Crippen LogP contribution in [-0.2, 0) is 6.42 Å². The minimum Gasteiger partial charge on any atom is -0.265 e. The third kappa shape index (κ3) is 4.89. The molecule has 94 valence electrons. The quantitative estimate of drug-likeness (QED) is 0.714. The smallest absolute Gasteiger partial charge is 0.0270 e. The molecule has 1 nitrogen and oxygen atoms in total. The number of nitrogens with zero attached hydrogens (tertiary/aromatic N) is 1. The fourth-order valence-electron chi connectivity index (χ4n) is 2.95. The molecule has 1 aromatic rings. The van der Waals surface area contributed by atoms with Gasteiger partial charge in [0.05, 0.1) is 0 Å². The largest absolute Gasteiger partial charge is 0.265 e. The van der Waals surface area contributed by atoms with E-state index in [0.29, 0.717) is 0 Å². The van der Waals surface area contributed by atoms with E-state index in [1.165, 1.54) is 69.8 Å². The molecule has 0 aliphatic heterocycles. The Morgan fingerprint density at radius 2 is 1.35 bits per heavy atom. The first-order valence-electron chi connectivity index (χ1n) is 7.34. The molecule has 1 heteroatoms. The van der Waals surface area contributed by atoms with Crippen LogP contribution >= 0.6 is 0 Å². The lowest BCUT2D eigenvalue weighted by Crippen LogP contribution is -2.06. The lowest BCUT2D eigenvalue weighted by Gasteiger charge is -2.18. The SMILES string of the molecule is c1cc(CC2CCCCCCCCC2)ccn1. The van der Waals surface area contributed by atoms with Crippen LogP contribution in [0.1, 0.15) is 63.4 Å². The fourth-order valence-corrected chi connectivity index (χ4v) is 2.95. The molecule has 0 amide bonds. The molecule has 0 radical (unpaired) electrons. The fraction of sp³-hybridized carbons (Fsp3) is 0.688. The number of aromatic nitrogens is 1. The molecule has 1 aromatic heterocycles. The second kappa shape index (κ2) is 7.47.